The van der Waals surface area contributed by atoms with Crippen LogP contribution in [-0.2, 0) is 12.4 Å². The van der Waals surface area contributed by atoms with E-state index in [-0.39, 0.29) is 11.6 Å². The van der Waals surface area contributed by atoms with Crippen LogP contribution in [-0.4, -0.2) is 16.9 Å². The van der Waals surface area contributed by atoms with Crippen molar-refractivity contribution < 1.29 is 41.0 Å². The van der Waals surface area contributed by atoms with Crippen molar-refractivity contribution in [3.8, 4) is 5.75 Å². The summed E-state index contributed by atoms with van der Waals surface area (Å²) in [7, 11) is 0. The molecule has 0 atom stereocenters. The van der Waals surface area contributed by atoms with Crippen LogP contribution in [0.25, 0.3) is 0 Å². The number of anilines is 1. The molecule has 144 valence electrons. The van der Waals surface area contributed by atoms with Gasteiger partial charge < -0.3 is 16.2 Å². The summed E-state index contributed by atoms with van der Waals surface area (Å²) in [4.78, 5) is 23.3. The number of carbonyl (C=O) groups is 2. The summed E-state index contributed by atoms with van der Waals surface area (Å²) in [6, 6.07) is 3.39. The van der Waals surface area contributed by atoms with Crippen molar-refractivity contribution in [3.05, 3.63) is 58.7 Å². The SMILES string of the molecule is NC(=O)c1ccc(O)c(C(=O)Nc2cc(C(F)(F)F)cc(C(F)(F)F)c2)c1. The molecule has 2 aromatic carbocycles. The molecule has 4 N–H and O–H groups in total. The summed E-state index contributed by atoms with van der Waals surface area (Å²) in [5.41, 5.74) is 0.219. The predicted octanol–water partition coefficient (Wildman–Crippen LogP) is 3.78. The zero-order valence-electron chi connectivity index (χ0n) is 13.1. The van der Waals surface area contributed by atoms with E-state index in [0.29, 0.717) is 12.1 Å². The molecule has 0 aromatic heterocycles. The van der Waals surface area contributed by atoms with Crippen LogP contribution in [0.15, 0.2) is 36.4 Å². The van der Waals surface area contributed by atoms with Gasteiger partial charge in [-0.3, -0.25) is 9.59 Å². The number of carbonyl (C=O) groups excluding carboxylic acids is 2. The van der Waals surface area contributed by atoms with Gasteiger partial charge in [-0.2, -0.15) is 26.3 Å². The van der Waals surface area contributed by atoms with Crippen molar-refractivity contribution in [2.75, 3.05) is 5.32 Å². The average Bonchev–Trinajstić information content (AvgIpc) is 2.53. The van der Waals surface area contributed by atoms with Gasteiger partial charge in [-0.1, -0.05) is 0 Å². The number of nitrogens with two attached hydrogens (primary N) is 1. The van der Waals surface area contributed by atoms with Crippen LogP contribution >= 0.6 is 0 Å². The molecule has 2 aromatic rings. The van der Waals surface area contributed by atoms with Gasteiger partial charge in [-0.05, 0) is 36.4 Å². The van der Waals surface area contributed by atoms with Crippen LogP contribution in [0.1, 0.15) is 31.8 Å². The van der Waals surface area contributed by atoms with Gasteiger partial charge >= 0.3 is 12.4 Å². The number of rotatable bonds is 3. The first-order valence-corrected chi connectivity index (χ1v) is 7.02. The minimum atomic E-state index is -5.09. The monoisotopic (exact) mass is 392 g/mol. The van der Waals surface area contributed by atoms with Gasteiger partial charge in [0.15, 0.2) is 0 Å². The van der Waals surface area contributed by atoms with Gasteiger partial charge in [0.1, 0.15) is 5.75 Å². The van der Waals surface area contributed by atoms with E-state index in [1.54, 1.807) is 0 Å². The first-order chi connectivity index (χ1) is 12.3. The lowest BCUT2D eigenvalue weighted by Crippen LogP contribution is -2.17. The average molecular weight is 392 g/mol. The second kappa shape index (κ2) is 6.82. The number of nitrogens with one attached hydrogen (secondary N) is 1. The van der Waals surface area contributed by atoms with Crippen LogP contribution in [0.3, 0.4) is 0 Å². The summed E-state index contributed by atoms with van der Waals surface area (Å²) < 4.78 is 77.0. The molecule has 5 nitrogen and oxygen atoms in total. The second-order valence-corrected chi connectivity index (χ2v) is 5.34. The van der Waals surface area contributed by atoms with Crippen molar-refractivity contribution in [3.63, 3.8) is 0 Å². The van der Waals surface area contributed by atoms with Crippen molar-refractivity contribution in [1.29, 1.82) is 0 Å². The van der Waals surface area contributed by atoms with Crippen LogP contribution in [0.5, 0.6) is 5.75 Å². The topological polar surface area (TPSA) is 92.4 Å². The number of aromatic hydroxyl groups is 1. The zero-order chi connectivity index (χ0) is 20.6. The maximum Gasteiger partial charge on any atom is 0.416 e. The fourth-order valence-electron chi connectivity index (χ4n) is 2.10. The lowest BCUT2D eigenvalue weighted by atomic mass is 10.1. The van der Waals surface area contributed by atoms with Gasteiger partial charge in [-0.15, -0.1) is 0 Å². The third-order valence-corrected chi connectivity index (χ3v) is 3.37. The smallest absolute Gasteiger partial charge is 0.416 e. The van der Waals surface area contributed by atoms with Crippen LogP contribution in [0, 0.1) is 0 Å². The van der Waals surface area contributed by atoms with Crippen molar-refractivity contribution in [2.24, 2.45) is 5.73 Å². The molecule has 0 saturated carbocycles. The number of primary amides is 1. The number of phenolic OH excluding ortho intramolecular Hbond substituents is 1. The molecule has 0 aliphatic carbocycles. The van der Waals surface area contributed by atoms with E-state index in [0.717, 1.165) is 18.2 Å². The third kappa shape index (κ3) is 4.68. The Morgan fingerprint density at radius 2 is 1.41 bits per heavy atom. The van der Waals surface area contributed by atoms with Gasteiger partial charge in [0, 0.05) is 11.3 Å². The number of phenols is 1. The van der Waals surface area contributed by atoms with Crippen molar-refractivity contribution in [2.45, 2.75) is 12.4 Å². The quantitative estimate of drug-likeness (QED) is 0.694. The number of hydrogen-bond donors (Lipinski definition) is 3. The molecule has 2 rings (SSSR count). The number of halogens is 6. The maximum absolute atomic E-state index is 12.8. The molecule has 0 bridgehead atoms. The molecule has 2 amide bonds. The first kappa shape index (κ1) is 20.1. The molecule has 0 fully saturated rings. The fraction of sp³-hybridized carbons (Fsp3) is 0.125. The van der Waals surface area contributed by atoms with E-state index < -0.39 is 52.3 Å². The number of hydrogen-bond acceptors (Lipinski definition) is 3. The Balaban J connectivity index is 2.46. The summed E-state index contributed by atoms with van der Waals surface area (Å²) in [6.45, 7) is 0. The fourth-order valence-corrected chi connectivity index (χ4v) is 2.10. The molecule has 0 aliphatic heterocycles. The summed E-state index contributed by atoms with van der Waals surface area (Å²) >= 11 is 0. The molecule has 0 radical (unpaired) electrons. The lowest BCUT2D eigenvalue weighted by Gasteiger charge is -2.15. The number of amides is 2. The molecule has 0 spiro atoms. The highest BCUT2D eigenvalue weighted by molar-refractivity contribution is 6.07. The summed E-state index contributed by atoms with van der Waals surface area (Å²) in [5.74, 6) is -2.84. The van der Waals surface area contributed by atoms with E-state index in [4.69, 9.17) is 5.73 Å². The van der Waals surface area contributed by atoms with E-state index >= 15 is 0 Å². The number of alkyl halides is 6. The Morgan fingerprint density at radius 3 is 1.85 bits per heavy atom. The van der Waals surface area contributed by atoms with Crippen molar-refractivity contribution >= 4 is 17.5 Å². The largest absolute Gasteiger partial charge is 0.507 e. The highest BCUT2D eigenvalue weighted by Gasteiger charge is 2.37. The zero-order valence-corrected chi connectivity index (χ0v) is 13.1. The maximum atomic E-state index is 12.8. The minimum Gasteiger partial charge on any atom is -0.507 e. The van der Waals surface area contributed by atoms with Crippen LogP contribution in [0.4, 0.5) is 32.0 Å². The molecule has 11 heteroatoms. The Hall–Kier alpha value is -3.24. The second-order valence-electron chi connectivity index (χ2n) is 5.34. The Bertz CT molecular complexity index is 874. The van der Waals surface area contributed by atoms with E-state index in [2.05, 4.69) is 0 Å². The molecular weight excluding hydrogens is 382 g/mol. The Morgan fingerprint density at radius 1 is 0.889 bits per heavy atom. The highest BCUT2D eigenvalue weighted by atomic mass is 19.4. The molecule has 27 heavy (non-hydrogen) atoms. The summed E-state index contributed by atoms with van der Waals surface area (Å²) in [6.07, 6.45) is -10.2. The Kier molecular flexibility index (Phi) is 5.07. The molecule has 0 unspecified atom stereocenters. The van der Waals surface area contributed by atoms with Gasteiger partial charge in [0.25, 0.3) is 5.91 Å². The molecule has 0 aliphatic rings. The summed E-state index contributed by atoms with van der Waals surface area (Å²) in [5, 5.41) is 11.5. The van der Waals surface area contributed by atoms with Crippen LogP contribution in [0.2, 0.25) is 0 Å². The first-order valence-electron chi connectivity index (χ1n) is 7.02. The predicted molar refractivity (Wildman–Crippen MR) is 81.0 cm³/mol. The highest BCUT2D eigenvalue weighted by Crippen LogP contribution is 2.37. The van der Waals surface area contributed by atoms with E-state index in [9.17, 15) is 41.0 Å². The van der Waals surface area contributed by atoms with Gasteiger partial charge in [0.05, 0.1) is 16.7 Å². The molecular formula is C16H10F6N2O3. The minimum absolute atomic E-state index is 0.0964. The van der Waals surface area contributed by atoms with Gasteiger partial charge in [0.2, 0.25) is 5.91 Å². The van der Waals surface area contributed by atoms with E-state index in [1.807, 2.05) is 5.32 Å². The third-order valence-electron chi connectivity index (χ3n) is 3.37. The van der Waals surface area contributed by atoms with Crippen molar-refractivity contribution in [1.82, 2.24) is 0 Å². The van der Waals surface area contributed by atoms with Crippen LogP contribution < -0.4 is 11.1 Å². The molecule has 0 heterocycles. The Labute approximate surface area is 147 Å². The van der Waals surface area contributed by atoms with E-state index in [1.165, 1.54) is 0 Å². The standard InChI is InChI=1S/C16H10F6N2O3/c17-15(18,19)8-4-9(16(20,21)22)6-10(5-8)24-14(27)11-3-7(13(23)26)1-2-12(11)25/h1-6,25H,(H2,23,26)(H,24,27). The van der Waals surface area contributed by atoms with Gasteiger partial charge in [-0.25, -0.2) is 0 Å². The normalized spacial score (nSPS) is 11.9. The lowest BCUT2D eigenvalue weighted by molar-refractivity contribution is -0.143. The number of benzene rings is 2. The molecule has 0 saturated heterocycles.